The molecule has 2 amide bonds. The third-order valence-electron chi connectivity index (χ3n) is 8.07. The molecule has 192 valence electrons. The van der Waals surface area contributed by atoms with Gasteiger partial charge in [-0.25, -0.2) is 4.90 Å². The van der Waals surface area contributed by atoms with Crippen molar-refractivity contribution in [1.82, 2.24) is 0 Å². The number of ether oxygens (including phenoxy) is 2. The van der Waals surface area contributed by atoms with Gasteiger partial charge in [-0.15, -0.1) is 0 Å². The number of methoxy groups -OCH3 is 1. The number of hydrogen-bond acceptors (Lipinski definition) is 5. The molecule has 2 aliphatic heterocycles. The van der Waals surface area contributed by atoms with Crippen molar-refractivity contribution >= 4 is 55.7 Å². The molecule has 0 radical (unpaired) electrons. The zero-order valence-corrected chi connectivity index (χ0v) is 22.4. The molecule has 0 saturated carbocycles. The molecule has 7 rings (SSSR count). The first-order valence-corrected chi connectivity index (χ1v) is 13.5. The fourth-order valence-electron chi connectivity index (χ4n) is 6.33. The van der Waals surface area contributed by atoms with E-state index in [1.165, 1.54) is 4.90 Å². The van der Waals surface area contributed by atoms with E-state index in [0.717, 1.165) is 31.9 Å². The van der Waals surface area contributed by atoms with Gasteiger partial charge >= 0.3 is 5.97 Å². The molecule has 39 heavy (non-hydrogen) atoms. The molecule has 1 saturated heterocycles. The van der Waals surface area contributed by atoms with Crippen molar-refractivity contribution in [2.75, 3.05) is 12.0 Å². The average Bonchev–Trinajstić information content (AvgIpc) is 3.22. The van der Waals surface area contributed by atoms with E-state index in [-0.39, 0.29) is 11.8 Å². The Morgan fingerprint density at radius 3 is 2.28 bits per heavy atom. The molecule has 4 aromatic carbocycles. The first kappa shape index (κ1) is 23.9. The Bertz CT molecular complexity index is 1710. The van der Waals surface area contributed by atoms with Crippen LogP contribution in [0.15, 0.2) is 95.5 Å². The Hall–Kier alpha value is -4.23. The topological polar surface area (TPSA) is 72.9 Å². The molecule has 1 fully saturated rings. The number of esters is 1. The van der Waals surface area contributed by atoms with Gasteiger partial charge in [0.2, 0.25) is 11.8 Å². The fourth-order valence-corrected chi connectivity index (χ4v) is 6.59. The number of halogens is 1. The van der Waals surface area contributed by atoms with E-state index in [4.69, 9.17) is 9.47 Å². The first-order valence-electron chi connectivity index (χ1n) is 12.7. The van der Waals surface area contributed by atoms with Gasteiger partial charge in [0, 0.05) is 16.0 Å². The van der Waals surface area contributed by atoms with E-state index >= 15 is 0 Å². The summed E-state index contributed by atoms with van der Waals surface area (Å²) in [6, 6.07) is 26.2. The molecular formula is C32H22BrNO5. The van der Waals surface area contributed by atoms with Gasteiger partial charge in [0.15, 0.2) is 0 Å². The summed E-state index contributed by atoms with van der Waals surface area (Å²) in [6.45, 7) is 0. The Morgan fingerprint density at radius 1 is 0.821 bits per heavy atom. The number of nitrogens with zero attached hydrogens (tertiary/aromatic N) is 1. The number of carbonyl (C=O) groups excluding carboxylic acids is 3. The third-order valence-corrected chi connectivity index (χ3v) is 8.60. The van der Waals surface area contributed by atoms with Crippen LogP contribution in [-0.2, 0) is 14.4 Å². The van der Waals surface area contributed by atoms with Crippen LogP contribution in [-0.4, -0.2) is 24.9 Å². The van der Waals surface area contributed by atoms with Crippen molar-refractivity contribution in [1.29, 1.82) is 0 Å². The molecule has 0 bridgehead atoms. The normalized spacial score (nSPS) is 23.6. The number of imide groups is 1. The molecule has 0 spiro atoms. The van der Waals surface area contributed by atoms with Crippen LogP contribution in [0.2, 0.25) is 0 Å². The van der Waals surface area contributed by atoms with Crippen LogP contribution in [0.4, 0.5) is 5.69 Å². The van der Waals surface area contributed by atoms with Gasteiger partial charge in [-0.05, 0) is 64.4 Å². The lowest BCUT2D eigenvalue weighted by Gasteiger charge is -2.38. The third kappa shape index (κ3) is 3.57. The van der Waals surface area contributed by atoms with Crippen molar-refractivity contribution in [3.63, 3.8) is 0 Å². The molecule has 1 aliphatic carbocycles. The van der Waals surface area contributed by atoms with Crippen LogP contribution in [0.3, 0.4) is 0 Å². The number of allylic oxidation sites excluding steroid dienone is 1. The molecule has 4 atom stereocenters. The number of rotatable bonds is 3. The summed E-state index contributed by atoms with van der Waals surface area (Å²) in [5.41, 5.74) is 2.89. The molecule has 6 nitrogen and oxygen atoms in total. The quantitative estimate of drug-likeness (QED) is 0.166. The number of benzene rings is 4. The largest absolute Gasteiger partial charge is 0.497 e. The number of carbonyl (C=O) groups is 3. The van der Waals surface area contributed by atoms with E-state index < -0.39 is 29.6 Å². The van der Waals surface area contributed by atoms with Crippen LogP contribution in [0.25, 0.3) is 16.3 Å². The summed E-state index contributed by atoms with van der Waals surface area (Å²) in [5, 5.41) is 1.94. The van der Waals surface area contributed by atoms with Gasteiger partial charge in [0.1, 0.15) is 11.5 Å². The first-order chi connectivity index (χ1) is 19.0. The molecule has 0 aromatic heterocycles. The molecule has 0 N–H and O–H groups in total. The van der Waals surface area contributed by atoms with Crippen LogP contribution in [0.5, 0.6) is 11.5 Å². The fraction of sp³-hybridized carbons (Fsp3) is 0.156. The predicted molar refractivity (Wildman–Crippen MR) is 150 cm³/mol. The number of amides is 2. The minimum Gasteiger partial charge on any atom is -0.497 e. The summed E-state index contributed by atoms with van der Waals surface area (Å²) < 4.78 is 12.0. The standard InChI is InChI=1S/C32H22BrNO5/c1-38-21-13-6-18(7-14-21)23-16-24-26-22-5-3-2-4-17(22)8-15-25(26)39-32(37)28(24)29-27(23)30(35)34(31(29)36)20-11-9-19(33)10-12-20/h2-16,23,27-29H,1H3/t23-,27+,28-,29-/m0/s1. The highest BCUT2D eigenvalue weighted by Gasteiger charge is 2.60. The summed E-state index contributed by atoms with van der Waals surface area (Å²) in [4.78, 5) is 43.0. The lowest BCUT2D eigenvalue weighted by atomic mass is 9.64. The number of hydrogen-bond donors (Lipinski definition) is 0. The van der Waals surface area contributed by atoms with E-state index in [9.17, 15) is 14.4 Å². The second-order valence-electron chi connectivity index (χ2n) is 10.0. The highest BCUT2D eigenvalue weighted by Crippen LogP contribution is 2.55. The maximum Gasteiger partial charge on any atom is 0.319 e. The highest BCUT2D eigenvalue weighted by atomic mass is 79.9. The smallest absolute Gasteiger partial charge is 0.319 e. The van der Waals surface area contributed by atoms with Gasteiger partial charge in [-0.2, -0.15) is 0 Å². The Kier molecular flexibility index (Phi) is 5.45. The van der Waals surface area contributed by atoms with Crippen LogP contribution in [0, 0.1) is 17.8 Å². The molecule has 4 aromatic rings. The summed E-state index contributed by atoms with van der Waals surface area (Å²) >= 11 is 3.42. The summed E-state index contributed by atoms with van der Waals surface area (Å²) in [7, 11) is 1.60. The van der Waals surface area contributed by atoms with Gasteiger partial charge < -0.3 is 9.47 Å². The second kappa shape index (κ2) is 8.92. The Labute approximate surface area is 233 Å². The van der Waals surface area contributed by atoms with E-state index in [1.807, 2.05) is 60.7 Å². The summed E-state index contributed by atoms with van der Waals surface area (Å²) in [5.74, 6) is -3.02. The number of anilines is 1. The maximum absolute atomic E-state index is 14.1. The monoisotopic (exact) mass is 579 g/mol. The zero-order valence-electron chi connectivity index (χ0n) is 20.8. The lowest BCUT2D eigenvalue weighted by Crippen LogP contribution is -2.42. The molecule has 3 aliphatic rings. The van der Waals surface area contributed by atoms with Crippen molar-refractivity contribution in [2.24, 2.45) is 17.8 Å². The van der Waals surface area contributed by atoms with Gasteiger partial charge in [0.25, 0.3) is 0 Å². The van der Waals surface area contributed by atoms with Crippen LogP contribution in [0.1, 0.15) is 17.0 Å². The van der Waals surface area contributed by atoms with E-state index in [2.05, 4.69) is 15.9 Å². The van der Waals surface area contributed by atoms with Gasteiger partial charge in [0.05, 0.1) is 30.6 Å². The van der Waals surface area contributed by atoms with Crippen LogP contribution >= 0.6 is 15.9 Å². The minimum absolute atomic E-state index is 0.319. The minimum atomic E-state index is -0.895. The van der Waals surface area contributed by atoms with Crippen molar-refractivity contribution < 1.29 is 23.9 Å². The lowest BCUT2D eigenvalue weighted by molar-refractivity contribution is -0.142. The second-order valence-corrected chi connectivity index (χ2v) is 10.9. The van der Waals surface area contributed by atoms with Gasteiger partial charge in [-0.1, -0.05) is 64.5 Å². The SMILES string of the molecule is COc1ccc([C@@H]2C=C3c4c(ccc5ccccc45)OC(=O)[C@@H]3[C@H]3C(=O)N(c4ccc(Br)cc4)C(=O)[C@@H]32)cc1. The average molecular weight is 580 g/mol. The molecule has 0 unspecified atom stereocenters. The zero-order chi connectivity index (χ0) is 26.8. The predicted octanol–water partition coefficient (Wildman–Crippen LogP) is 6.13. The van der Waals surface area contributed by atoms with E-state index in [0.29, 0.717) is 17.2 Å². The number of fused-ring (bicyclic) bond motifs is 7. The Morgan fingerprint density at radius 2 is 1.54 bits per heavy atom. The van der Waals surface area contributed by atoms with Crippen molar-refractivity contribution in [3.05, 3.63) is 107 Å². The summed E-state index contributed by atoms with van der Waals surface area (Å²) in [6.07, 6.45) is 2.01. The Balaban J connectivity index is 1.46. The molecule has 7 heteroatoms. The van der Waals surface area contributed by atoms with Crippen LogP contribution < -0.4 is 14.4 Å². The maximum atomic E-state index is 14.1. The van der Waals surface area contributed by atoms with Crippen molar-refractivity contribution in [3.8, 4) is 11.5 Å². The van der Waals surface area contributed by atoms with E-state index in [1.54, 1.807) is 37.4 Å². The highest BCUT2D eigenvalue weighted by molar-refractivity contribution is 9.10. The molecular weight excluding hydrogens is 558 g/mol. The molecule has 2 heterocycles. The van der Waals surface area contributed by atoms with Gasteiger partial charge in [-0.3, -0.25) is 14.4 Å². The van der Waals surface area contributed by atoms with Crippen molar-refractivity contribution in [2.45, 2.75) is 5.92 Å².